The summed E-state index contributed by atoms with van der Waals surface area (Å²) in [5.74, 6) is 0.0426. The van der Waals surface area contributed by atoms with Crippen molar-refractivity contribution >= 4 is 38.9 Å². The number of fused-ring (bicyclic) bond motifs is 1. The summed E-state index contributed by atoms with van der Waals surface area (Å²) in [6, 6.07) is 8.19. The summed E-state index contributed by atoms with van der Waals surface area (Å²) >= 11 is 7.94. The molecule has 0 saturated carbocycles. The number of amides is 1. The van der Waals surface area contributed by atoms with Crippen LogP contribution in [-0.4, -0.2) is 33.4 Å². The van der Waals surface area contributed by atoms with Crippen LogP contribution in [0.25, 0.3) is 10.1 Å². The van der Waals surface area contributed by atoms with E-state index in [4.69, 9.17) is 11.6 Å². The van der Waals surface area contributed by atoms with Gasteiger partial charge in [-0.15, -0.1) is 11.3 Å². The van der Waals surface area contributed by atoms with Crippen LogP contribution in [-0.2, 0) is 0 Å². The van der Waals surface area contributed by atoms with Crippen LogP contribution in [0, 0.1) is 0 Å². The van der Waals surface area contributed by atoms with Gasteiger partial charge in [0.25, 0.3) is 5.91 Å². The van der Waals surface area contributed by atoms with Crippen LogP contribution in [0.2, 0.25) is 5.02 Å². The summed E-state index contributed by atoms with van der Waals surface area (Å²) in [5, 5.41) is 1.55. The Kier molecular flexibility index (Phi) is 3.83. The van der Waals surface area contributed by atoms with E-state index in [0.29, 0.717) is 22.5 Å². The Hall–Kier alpha value is -1.85. The topological polar surface area (TPSA) is 38.1 Å². The third kappa shape index (κ3) is 2.64. The first-order chi connectivity index (χ1) is 11.2. The molecule has 2 aromatic heterocycles. The number of imidazole rings is 1. The van der Waals surface area contributed by atoms with Gasteiger partial charge in [0.2, 0.25) is 0 Å². The average Bonchev–Trinajstić information content (AvgIpc) is 3.23. The molecule has 0 spiro atoms. The maximum Gasteiger partial charge on any atom is 0.265 e. The molecule has 3 aromatic rings. The Labute approximate surface area is 143 Å². The van der Waals surface area contributed by atoms with E-state index in [9.17, 15) is 4.79 Å². The van der Waals surface area contributed by atoms with Gasteiger partial charge in [-0.05, 0) is 18.9 Å². The van der Waals surface area contributed by atoms with E-state index < -0.39 is 0 Å². The molecule has 0 aliphatic carbocycles. The molecule has 1 amide bonds. The van der Waals surface area contributed by atoms with Crippen molar-refractivity contribution in [3.8, 4) is 0 Å². The average molecular weight is 346 g/mol. The first-order valence-electron chi connectivity index (χ1n) is 7.68. The van der Waals surface area contributed by atoms with E-state index >= 15 is 0 Å². The number of aromatic nitrogens is 2. The van der Waals surface area contributed by atoms with E-state index in [1.807, 2.05) is 41.7 Å². The zero-order valence-electron chi connectivity index (χ0n) is 12.5. The summed E-state index contributed by atoms with van der Waals surface area (Å²) in [5.41, 5.74) is 0. The third-order valence-corrected chi connectivity index (χ3v) is 6.02. The molecule has 4 nitrogen and oxygen atoms in total. The van der Waals surface area contributed by atoms with Crippen LogP contribution < -0.4 is 0 Å². The number of carbonyl (C=O) groups excluding carboxylic acids is 1. The van der Waals surface area contributed by atoms with Gasteiger partial charge in [0.15, 0.2) is 0 Å². The van der Waals surface area contributed by atoms with Gasteiger partial charge in [-0.1, -0.05) is 29.8 Å². The summed E-state index contributed by atoms with van der Waals surface area (Å²) in [7, 11) is 0. The molecule has 1 fully saturated rings. The van der Waals surface area contributed by atoms with Crippen molar-refractivity contribution in [1.82, 2.24) is 14.5 Å². The predicted octanol–water partition coefficient (Wildman–Crippen LogP) is 4.23. The lowest BCUT2D eigenvalue weighted by Crippen LogP contribution is -2.40. The Balaban J connectivity index is 1.61. The quantitative estimate of drug-likeness (QED) is 0.697. The predicted molar refractivity (Wildman–Crippen MR) is 93.2 cm³/mol. The molecule has 118 valence electrons. The summed E-state index contributed by atoms with van der Waals surface area (Å²) in [6.45, 7) is 1.49. The molecule has 3 heterocycles. The van der Waals surface area contributed by atoms with Crippen molar-refractivity contribution in [2.75, 3.05) is 13.1 Å². The van der Waals surface area contributed by atoms with Crippen molar-refractivity contribution in [1.29, 1.82) is 0 Å². The van der Waals surface area contributed by atoms with Crippen LogP contribution in [0.3, 0.4) is 0 Å². The molecule has 0 N–H and O–H groups in total. The molecule has 23 heavy (non-hydrogen) atoms. The second-order valence-corrected chi connectivity index (χ2v) is 7.23. The number of hydrogen-bond acceptors (Lipinski definition) is 3. The smallest absolute Gasteiger partial charge is 0.265 e. The van der Waals surface area contributed by atoms with Gasteiger partial charge in [-0.3, -0.25) is 4.79 Å². The van der Waals surface area contributed by atoms with Crippen molar-refractivity contribution in [2.24, 2.45) is 0 Å². The number of piperidine rings is 1. The van der Waals surface area contributed by atoms with Gasteiger partial charge < -0.3 is 9.47 Å². The molecular weight excluding hydrogens is 330 g/mol. The Morgan fingerprint density at radius 2 is 2.22 bits per heavy atom. The summed E-state index contributed by atoms with van der Waals surface area (Å²) in [6.07, 6.45) is 7.64. The lowest BCUT2D eigenvalue weighted by molar-refractivity contribution is 0.0684. The van der Waals surface area contributed by atoms with Crippen LogP contribution in [0.1, 0.15) is 28.6 Å². The highest BCUT2D eigenvalue weighted by Crippen LogP contribution is 2.36. The fraction of sp³-hybridized carbons (Fsp3) is 0.294. The number of likely N-dealkylation sites (tertiary alicyclic amines) is 1. The highest BCUT2D eigenvalue weighted by atomic mass is 35.5. The van der Waals surface area contributed by atoms with Crippen molar-refractivity contribution in [3.63, 3.8) is 0 Å². The SMILES string of the molecule is O=C(c1sc2ccccc2c1Cl)N1CCC[C@H](n2ccnc2)C1. The first-order valence-corrected chi connectivity index (χ1v) is 8.87. The molecule has 4 rings (SSSR count). The number of thiophene rings is 1. The Bertz CT molecular complexity index is 843. The lowest BCUT2D eigenvalue weighted by Gasteiger charge is -2.33. The third-order valence-electron chi connectivity index (χ3n) is 4.36. The van der Waals surface area contributed by atoms with E-state index in [-0.39, 0.29) is 5.91 Å². The monoisotopic (exact) mass is 345 g/mol. The highest BCUT2D eigenvalue weighted by Gasteiger charge is 2.28. The fourth-order valence-corrected chi connectivity index (χ4v) is 4.64. The van der Waals surface area contributed by atoms with E-state index in [0.717, 1.165) is 29.5 Å². The molecule has 1 saturated heterocycles. The van der Waals surface area contributed by atoms with Crippen LogP contribution in [0.4, 0.5) is 0 Å². The molecule has 0 bridgehead atoms. The fourth-order valence-electron chi connectivity index (χ4n) is 3.16. The van der Waals surface area contributed by atoms with Gasteiger partial charge in [0.1, 0.15) is 4.88 Å². The molecule has 1 aromatic carbocycles. The van der Waals surface area contributed by atoms with Crippen LogP contribution in [0.5, 0.6) is 0 Å². The van der Waals surface area contributed by atoms with Crippen molar-refractivity contribution in [2.45, 2.75) is 18.9 Å². The number of carbonyl (C=O) groups is 1. The van der Waals surface area contributed by atoms with Crippen molar-refractivity contribution in [3.05, 3.63) is 52.9 Å². The number of nitrogens with zero attached hydrogens (tertiary/aromatic N) is 3. The molecule has 0 unspecified atom stereocenters. The minimum atomic E-state index is 0.0426. The van der Waals surface area contributed by atoms with Crippen molar-refractivity contribution < 1.29 is 4.79 Å². The number of hydrogen-bond donors (Lipinski definition) is 0. The second kappa shape index (κ2) is 5.98. The molecule has 1 aliphatic rings. The van der Waals surface area contributed by atoms with E-state index in [2.05, 4.69) is 9.55 Å². The number of benzene rings is 1. The Morgan fingerprint density at radius 1 is 1.35 bits per heavy atom. The van der Waals surface area contributed by atoms with Gasteiger partial charge in [-0.2, -0.15) is 0 Å². The van der Waals surface area contributed by atoms with E-state index in [1.54, 1.807) is 6.20 Å². The normalized spacial score (nSPS) is 18.5. The minimum absolute atomic E-state index is 0.0426. The molecule has 1 aliphatic heterocycles. The molecular formula is C17H16ClN3OS. The zero-order chi connectivity index (χ0) is 15.8. The standard InChI is InChI=1S/C17H16ClN3OS/c18-15-13-5-1-2-6-14(13)23-16(15)17(22)20-8-3-4-12(10-20)21-9-7-19-11-21/h1-2,5-7,9,11-12H,3-4,8,10H2/t12-/m0/s1. The second-order valence-electron chi connectivity index (χ2n) is 5.80. The highest BCUT2D eigenvalue weighted by molar-refractivity contribution is 7.21. The van der Waals surface area contributed by atoms with Crippen LogP contribution in [0.15, 0.2) is 43.0 Å². The molecule has 1 atom stereocenters. The number of rotatable bonds is 2. The van der Waals surface area contributed by atoms with Gasteiger partial charge in [0.05, 0.1) is 17.4 Å². The van der Waals surface area contributed by atoms with Crippen LogP contribution >= 0.6 is 22.9 Å². The Morgan fingerprint density at radius 3 is 3.00 bits per heavy atom. The van der Waals surface area contributed by atoms with Gasteiger partial charge in [0, 0.05) is 35.6 Å². The largest absolute Gasteiger partial charge is 0.336 e. The van der Waals surface area contributed by atoms with Gasteiger partial charge in [-0.25, -0.2) is 4.98 Å². The van der Waals surface area contributed by atoms with Gasteiger partial charge >= 0.3 is 0 Å². The molecule has 6 heteroatoms. The van der Waals surface area contributed by atoms with E-state index in [1.165, 1.54) is 11.3 Å². The maximum atomic E-state index is 12.9. The number of halogens is 1. The molecule has 0 radical (unpaired) electrons. The summed E-state index contributed by atoms with van der Waals surface area (Å²) < 4.78 is 3.15. The maximum absolute atomic E-state index is 12.9. The summed E-state index contributed by atoms with van der Waals surface area (Å²) in [4.78, 5) is 19.6. The lowest BCUT2D eigenvalue weighted by atomic mass is 10.1. The zero-order valence-corrected chi connectivity index (χ0v) is 14.1. The minimum Gasteiger partial charge on any atom is -0.336 e. The first kappa shape index (κ1) is 14.7.